The summed E-state index contributed by atoms with van der Waals surface area (Å²) in [5, 5.41) is 85.1. The third-order valence-electron chi connectivity index (χ3n) is 14.8. The van der Waals surface area contributed by atoms with Crippen LogP contribution in [-0.2, 0) is 23.7 Å². The van der Waals surface area contributed by atoms with Gasteiger partial charge in [-0.05, 0) is 101 Å². The van der Waals surface area contributed by atoms with Crippen molar-refractivity contribution >= 4 is 0 Å². The quantitative estimate of drug-likeness (QED) is 0.173. The van der Waals surface area contributed by atoms with Gasteiger partial charge in [-0.2, -0.15) is 0 Å². The van der Waals surface area contributed by atoms with Crippen molar-refractivity contribution in [1.82, 2.24) is 0 Å². The molecule has 7 aliphatic rings. The van der Waals surface area contributed by atoms with Crippen LogP contribution < -0.4 is 0 Å². The second-order valence-electron chi connectivity index (χ2n) is 17.7. The average Bonchev–Trinajstić information content (AvgIpc) is 3.45. The monoisotopic (exact) mass is 738 g/mol. The maximum Gasteiger partial charge on any atom is 0.187 e. The number of aliphatic hydroxyl groups excluding tert-OH is 8. The lowest BCUT2D eigenvalue weighted by Crippen LogP contribution is -2.64. The molecule has 13 nitrogen and oxygen atoms in total. The Morgan fingerprint density at radius 3 is 2.31 bits per heavy atom. The lowest BCUT2D eigenvalue weighted by molar-refractivity contribution is -0.369. The van der Waals surface area contributed by atoms with Crippen LogP contribution in [0.1, 0.15) is 79.6 Å². The molecule has 3 saturated heterocycles. The van der Waals surface area contributed by atoms with E-state index >= 15 is 0 Å². The molecule has 0 aromatic rings. The molecule has 296 valence electrons. The van der Waals surface area contributed by atoms with Crippen LogP contribution in [0, 0.1) is 46.3 Å². The van der Waals surface area contributed by atoms with Crippen LogP contribution >= 0.6 is 0 Å². The minimum atomic E-state index is -1.63. The summed E-state index contributed by atoms with van der Waals surface area (Å²) in [4.78, 5) is 0. The van der Waals surface area contributed by atoms with E-state index in [9.17, 15) is 40.9 Å². The standard InChI is InChI=1S/C39H62O13/c1-17(2)12-23-18(3)28-26(50-35(23)47)14-25-22-7-6-20-13-21(8-10-38(20,5)24(22)9-11-39(25,28)16-41)49-37-34(32(45)30(43)27(15-40)51-37)52-36-33(46)31(44)29(42)19(4)48-36/h6,12,18-19,21-37,40-47H,7-11,13-16H2,1-5H3/t18-,19-,21+,22-,23-,24-,25+,26-,27-,28+,29-,30-,31+,32+,33-,34-,35-,36+,37-,38-,39-/m0/s1. The van der Waals surface area contributed by atoms with Crippen LogP contribution in [0.15, 0.2) is 23.3 Å². The summed E-state index contributed by atoms with van der Waals surface area (Å²) in [7, 11) is 0. The fraction of sp³-hybridized carbons (Fsp3) is 0.897. The van der Waals surface area contributed by atoms with Crippen molar-refractivity contribution in [3.05, 3.63) is 23.3 Å². The molecule has 0 bridgehead atoms. The largest absolute Gasteiger partial charge is 0.396 e. The molecule has 0 aromatic carbocycles. The predicted octanol–water partition coefficient (Wildman–Crippen LogP) is 1.12. The van der Waals surface area contributed by atoms with Gasteiger partial charge >= 0.3 is 0 Å². The Hall–Kier alpha value is -1.04. The zero-order chi connectivity index (χ0) is 37.4. The van der Waals surface area contributed by atoms with Crippen LogP contribution in [0.25, 0.3) is 0 Å². The molecule has 3 saturated carbocycles. The Morgan fingerprint density at radius 2 is 1.62 bits per heavy atom. The first kappa shape index (κ1) is 39.2. The van der Waals surface area contributed by atoms with Gasteiger partial charge in [-0.1, -0.05) is 37.1 Å². The minimum absolute atomic E-state index is 0.0748. The molecule has 0 spiro atoms. The maximum atomic E-state index is 11.2. The van der Waals surface area contributed by atoms with Gasteiger partial charge in [0.1, 0.15) is 42.7 Å². The molecule has 0 radical (unpaired) electrons. The molecule has 0 amide bonds. The third kappa shape index (κ3) is 6.37. The Kier molecular flexibility index (Phi) is 11.2. The number of fused-ring (bicyclic) bond motifs is 7. The fourth-order valence-electron chi connectivity index (χ4n) is 12.0. The fourth-order valence-corrected chi connectivity index (χ4v) is 12.0. The van der Waals surface area contributed by atoms with Crippen molar-refractivity contribution in [2.75, 3.05) is 13.2 Å². The van der Waals surface area contributed by atoms with Crippen molar-refractivity contribution < 1.29 is 64.5 Å². The van der Waals surface area contributed by atoms with Gasteiger partial charge in [0.15, 0.2) is 18.9 Å². The van der Waals surface area contributed by atoms with E-state index in [1.165, 1.54) is 12.5 Å². The van der Waals surface area contributed by atoms with Crippen molar-refractivity contribution in [1.29, 1.82) is 0 Å². The van der Waals surface area contributed by atoms with Crippen LogP contribution in [-0.4, -0.2) is 134 Å². The highest BCUT2D eigenvalue weighted by atomic mass is 16.8. The lowest BCUT2D eigenvalue weighted by Gasteiger charge is -2.59. The molecule has 6 fully saturated rings. The first-order valence-electron chi connectivity index (χ1n) is 19.6. The van der Waals surface area contributed by atoms with Gasteiger partial charge in [-0.15, -0.1) is 0 Å². The van der Waals surface area contributed by atoms with Gasteiger partial charge in [-0.25, -0.2) is 0 Å². The number of allylic oxidation sites excluding steroid dienone is 2. The molecule has 3 heterocycles. The third-order valence-corrected chi connectivity index (χ3v) is 14.8. The summed E-state index contributed by atoms with van der Waals surface area (Å²) >= 11 is 0. The van der Waals surface area contributed by atoms with Crippen LogP contribution in [0.5, 0.6) is 0 Å². The Bertz CT molecular complexity index is 1340. The zero-order valence-corrected chi connectivity index (χ0v) is 31.1. The molecule has 8 N–H and O–H groups in total. The molecule has 4 aliphatic carbocycles. The predicted molar refractivity (Wildman–Crippen MR) is 185 cm³/mol. The topological polar surface area (TPSA) is 208 Å². The number of hydrogen-bond donors (Lipinski definition) is 8. The molecular formula is C39H62O13. The van der Waals surface area contributed by atoms with Gasteiger partial charge in [0.25, 0.3) is 0 Å². The van der Waals surface area contributed by atoms with Gasteiger partial charge in [0.2, 0.25) is 0 Å². The summed E-state index contributed by atoms with van der Waals surface area (Å²) in [5.41, 5.74) is 2.14. The Labute approximate surface area is 306 Å². The number of aliphatic hydroxyl groups is 8. The van der Waals surface area contributed by atoms with E-state index in [1.54, 1.807) is 0 Å². The van der Waals surface area contributed by atoms with Gasteiger partial charge in [-0.3, -0.25) is 0 Å². The Balaban J connectivity index is 1.08. The Morgan fingerprint density at radius 1 is 0.865 bits per heavy atom. The van der Waals surface area contributed by atoms with E-state index < -0.39 is 74.3 Å². The van der Waals surface area contributed by atoms with E-state index in [4.69, 9.17) is 23.7 Å². The highest BCUT2D eigenvalue weighted by molar-refractivity contribution is 5.26. The summed E-state index contributed by atoms with van der Waals surface area (Å²) in [6.45, 7) is 9.77. The van der Waals surface area contributed by atoms with Crippen molar-refractivity contribution in [2.24, 2.45) is 46.3 Å². The van der Waals surface area contributed by atoms with E-state index in [1.807, 2.05) is 13.8 Å². The molecule has 0 aromatic heterocycles. The number of hydrogen-bond acceptors (Lipinski definition) is 13. The number of rotatable bonds is 7. The minimum Gasteiger partial charge on any atom is -0.396 e. The van der Waals surface area contributed by atoms with Crippen LogP contribution in [0.4, 0.5) is 0 Å². The van der Waals surface area contributed by atoms with Gasteiger partial charge in [0, 0.05) is 17.9 Å². The van der Waals surface area contributed by atoms with E-state index in [0.29, 0.717) is 24.7 Å². The van der Waals surface area contributed by atoms with Crippen LogP contribution in [0.2, 0.25) is 0 Å². The highest BCUT2D eigenvalue weighted by Gasteiger charge is 2.66. The summed E-state index contributed by atoms with van der Waals surface area (Å²) in [6, 6.07) is 0. The molecular weight excluding hydrogens is 676 g/mol. The number of ether oxygens (including phenoxy) is 5. The van der Waals surface area contributed by atoms with E-state index in [2.05, 4.69) is 26.0 Å². The van der Waals surface area contributed by atoms with Gasteiger partial charge < -0.3 is 64.5 Å². The van der Waals surface area contributed by atoms with Crippen molar-refractivity contribution in [2.45, 2.75) is 159 Å². The first-order chi connectivity index (χ1) is 24.6. The van der Waals surface area contributed by atoms with Crippen molar-refractivity contribution in [3.63, 3.8) is 0 Å². The molecule has 21 atom stereocenters. The zero-order valence-electron chi connectivity index (χ0n) is 31.1. The van der Waals surface area contributed by atoms with Crippen LogP contribution in [0.3, 0.4) is 0 Å². The molecule has 3 aliphatic heterocycles. The maximum absolute atomic E-state index is 11.2. The summed E-state index contributed by atoms with van der Waals surface area (Å²) < 4.78 is 30.4. The summed E-state index contributed by atoms with van der Waals surface area (Å²) in [5.74, 6) is 1.34. The second-order valence-corrected chi connectivity index (χ2v) is 17.7. The normalized spacial score (nSPS) is 54.6. The lowest BCUT2D eigenvalue weighted by atomic mass is 9.46. The van der Waals surface area contributed by atoms with Crippen molar-refractivity contribution in [3.8, 4) is 0 Å². The highest BCUT2D eigenvalue weighted by Crippen LogP contribution is 2.69. The first-order valence-corrected chi connectivity index (χ1v) is 19.6. The van der Waals surface area contributed by atoms with E-state index in [0.717, 1.165) is 37.7 Å². The molecule has 52 heavy (non-hydrogen) atoms. The SMILES string of the molecule is CC(C)=C[C@H]1[C@H](C)[C@@H]2[C@H](C[C@@H]3[C@H]4CC=C5C[C@H](O[C@H]6O[C@@H](CO)[C@H](O)[C@@H](O)[C@@H]6O[C@H]6O[C@@H](C)[C@H](O)[C@@H](O)[C@@H]6O)CC[C@]5(C)[C@H]4CC[C@@]23CO)O[C@@H]1O. The smallest absolute Gasteiger partial charge is 0.187 e. The van der Waals surface area contributed by atoms with Gasteiger partial charge in [0.05, 0.1) is 24.9 Å². The average molecular weight is 739 g/mol. The molecule has 0 unspecified atom stereocenters. The second kappa shape index (κ2) is 14.8. The summed E-state index contributed by atoms with van der Waals surface area (Å²) in [6.07, 6.45) is -4.58. The molecule has 13 heteroatoms. The van der Waals surface area contributed by atoms with E-state index in [-0.39, 0.29) is 53.3 Å². The molecule has 7 rings (SSSR count).